The zero-order valence-electron chi connectivity index (χ0n) is 9.80. The fraction of sp³-hybridized carbons (Fsp3) is 0.455. The molecule has 1 atom stereocenters. The second-order valence-electron chi connectivity index (χ2n) is 3.93. The molecular weight excluding hydrogens is 222 g/mol. The number of aryl methyl sites for hydroxylation is 1. The highest BCUT2D eigenvalue weighted by Gasteiger charge is 2.12. The number of nitrogens with zero attached hydrogens (tertiary/aromatic N) is 2. The summed E-state index contributed by atoms with van der Waals surface area (Å²) in [6, 6.07) is 0. The number of amides is 1. The van der Waals surface area contributed by atoms with Crippen LogP contribution in [0.15, 0.2) is 12.5 Å². The molecule has 1 amide bonds. The highest BCUT2D eigenvalue weighted by molar-refractivity contribution is 5.94. The number of carbonyl (C=O) groups excluding carboxylic acids is 1. The van der Waals surface area contributed by atoms with Crippen LogP contribution in [0.4, 0.5) is 0 Å². The first-order valence-corrected chi connectivity index (χ1v) is 5.27. The first kappa shape index (κ1) is 13.1. The van der Waals surface area contributed by atoms with Gasteiger partial charge in [0.2, 0.25) is 0 Å². The molecule has 0 aliphatic carbocycles. The van der Waals surface area contributed by atoms with Crippen LogP contribution in [0.1, 0.15) is 29.4 Å². The minimum atomic E-state index is -0.869. The van der Waals surface area contributed by atoms with E-state index in [0.29, 0.717) is 17.8 Å². The molecule has 1 rings (SSSR count). The van der Waals surface area contributed by atoms with Crippen molar-refractivity contribution in [2.75, 3.05) is 6.54 Å². The molecule has 0 aliphatic heterocycles. The summed E-state index contributed by atoms with van der Waals surface area (Å²) >= 11 is 0. The van der Waals surface area contributed by atoms with Gasteiger partial charge in [-0.05, 0) is 12.8 Å². The Morgan fingerprint density at radius 2 is 2.24 bits per heavy atom. The van der Waals surface area contributed by atoms with Crippen LogP contribution in [0.25, 0.3) is 0 Å². The van der Waals surface area contributed by atoms with Gasteiger partial charge >= 0.3 is 5.97 Å². The lowest BCUT2D eigenvalue weighted by atomic mass is 10.1. The van der Waals surface area contributed by atoms with Crippen LogP contribution >= 0.6 is 0 Å². The predicted octanol–water partition coefficient (Wildman–Crippen LogP) is 0.626. The first-order valence-electron chi connectivity index (χ1n) is 5.27. The number of carbonyl (C=O) groups is 2. The van der Waals surface area contributed by atoms with Crippen molar-refractivity contribution >= 4 is 11.9 Å². The van der Waals surface area contributed by atoms with Gasteiger partial charge in [-0.15, -0.1) is 0 Å². The second kappa shape index (κ2) is 5.93. The molecule has 0 radical (unpaired) electrons. The number of aromatic nitrogens is 2. The molecular formula is C11H15N3O3. The van der Waals surface area contributed by atoms with Gasteiger partial charge in [0.05, 0.1) is 11.3 Å². The summed E-state index contributed by atoms with van der Waals surface area (Å²) in [4.78, 5) is 29.8. The van der Waals surface area contributed by atoms with Crippen molar-refractivity contribution in [3.05, 3.63) is 23.8 Å². The van der Waals surface area contributed by atoms with Gasteiger partial charge in [0, 0.05) is 19.2 Å². The van der Waals surface area contributed by atoms with E-state index >= 15 is 0 Å². The summed E-state index contributed by atoms with van der Waals surface area (Å²) in [7, 11) is 0. The van der Waals surface area contributed by atoms with Crippen LogP contribution in [0.2, 0.25) is 0 Å². The van der Waals surface area contributed by atoms with Crippen molar-refractivity contribution < 1.29 is 14.7 Å². The number of rotatable bonds is 5. The van der Waals surface area contributed by atoms with Gasteiger partial charge in [-0.1, -0.05) is 6.92 Å². The van der Waals surface area contributed by atoms with Crippen molar-refractivity contribution in [2.45, 2.75) is 20.3 Å². The number of carboxylic acid groups (broad SMARTS) is 1. The molecule has 1 heterocycles. The van der Waals surface area contributed by atoms with E-state index in [2.05, 4.69) is 15.3 Å². The number of aliphatic carboxylic acids is 1. The fourth-order valence-electron chi connectivity index (χ4n) is 1.35. The fourth-order valence-corrected chi connectivity index (χ4v) is 1.35. The molecule has 1 aromatic rings. The first-order chi connectivity index (χ1) is 8.00. The third kappa shape index (κ3) is 4.18. The van der Waals surface area contributed by atoms with E-state index in [1.54, 1.807) is 13.8 Å². The maximum absolute atomic E-state index is 11.7. The van der Waals surface area contributed by atoms with E-state index in [4.69, 9.17) is 5.11 Å². The number of nitrogens with one attached hydrogen (secondary N) is 1. The summed E-state index contributed by atoms with van der Waals surface area (Å²) in [6.45, 7) is 3.81. The lowest BCUT2D eigenvalue weighted by Crippen LogP contribution is -2.30. The van der Waals surface area contributed by atoms with Crippen LogP contribution in [0, 0.1) is 12.8 Å². The van der Waals surface area contributed by atoms with Gasteiger partial charge in [-0.25, -0.2) is 9.97 Å². The lowest BCUT2D eigenvalue weighted by Gasteiger charge is -2.10. The molecule has 0 saturated heterocycles. The van der Waals surface area contributed by atoms with Gasteiger partial charge in [-0.2, -0.15) is 0 Å². The molecule has 1 unspecified atom stereocenters. The smallest absolute Gasteiger partial charge is 0.303 e. The van der Waals surface area contributed by atoms with E-state index in [-0.39, 0.29) is 18.2 Å². The van der Waals surface area contributed by atoms with Gasteiger partial charge in [0.25, 0.3) is 5.91 Å². The van der Waals surface area contributed by atoms with Gasteiger partial charge in [-0.3, -0.25) is 9.59 Å². The summed E-state index contributed by atoms with van der Waals surface area (Å²) in [5.41, 5.74) is 1.01. The van der Waals surface area contributed by atoms with E-state index in [9.17, 15) is 9.59 Å². The van der Waals surface area contributed by atoms with Crippen molar-refractivity contribution in [1.82, 2.24) is 15.3 Å². The molecule has 17 heavy (non-hydrogen) atoms. The quantitative estimate of drug-likeness (QED) is 0.783. The molecule has 0 spiro atoms. The Morgan fingerprint density at radius 3 is 2.82 bits per heavy atom. The summed E-state index contributed by atoms with van der Waals surface area (Å²) in [5.74, 6) is -1.26. The monoisotopic (exact) mass is 237 g/mol. The van der Waals surface area contributed by atoms with E-state index in [0.717, 1.165) is 0 Å². The Morgan fingerprint density at radius 1 is 1.53 bits per heavy atom. The average Bonchev–Trinajstić information content (AvgIpc) is 2.25. The predicted molar refractivity (Wildman–Crippen MR) is 60.5 cm³/mol. The highest BCUT2D eigenvalue weighted by atomic mass is 16.4. The Hall–Kier alpha value is -1.98. The maximum atomic E-state index is 11.7. The molecule has 0 saturated carbocycles. The molecule has 0 aromatic carbocycles. The third-order valence-corrected chi connectivity index (χ3v) is 2.29. The molecule has 2 N–H and O–H groups in total. The van der Waals surface area contributed by atoms with E-state index in [1.807, 2.05) is 0 Å². The molecule has 0 fully saturated rings. The number of carboxylic acids is 1. The molecule has 92 valence electrons. The Balaban J connectivity index is 2.51. The standard InChI is InChI=1S/C11H15N3O3/c1-7(3-10(15)16)4-13-11(17)9-5-12-6-14-8(9)2/h5-7H,3-4H2,1-2H3,(H,13,17)(H,15,16). The van der Waals surface area contributed by atoms with Crippen LogP contribution in [0.3, 0.4) is 0 Å². The lowest BCUT2D eigenvalue weighted by molar-refractivity contribution is -0.137. The van der Waals surface area contributed by atoms with Crippen molar-refractivity contribution in [3.63, 3.8) is 0 Å². The Labute approximate surface area is 99.1 Å². The zero-order valence-corrected chi connectivity index (χ0v) is 9.80. The van der Waals surface area contributed by atoms with E-state index in [1.165, 1.54) is 12.5 Å². The second-order valence-corrected chi connectivity index (χ2v) is 3.93. The number of hydrogen-bond acceptors (Lipinski definition) is 4. The van der Waals surface area contributed by atoms with Crippen molar-refractivity contribution in [3.8, 4) is 0 Å². The van der Waals surface area contributed by atoms with Crippen molar-refractivity contribution in [2.24, 2.45) is 5.92 Å². The molecule has 6 heteroatoms. The van der Waals surface area contributed by atoms with Gasteiger partial charge < -0.3 is 10.4 Å². The highest BCUT2D eigenvalue weighted by Crippen LogP contribution is 2.03. The SMILES string of the molecule is Cc1ncncc1C(=O)NCC(C)CC(=O)O. The van der Waals surface area contributed by atoms with E-state index < -0.39 is 5.97 Å². The minimum Gasteiger partial charge on any atom is -0.481 e. The van der Waals surface area contributed by atoms with Crippen LogP contribution in [-0.2, 0) is 4.79 Å². The van der Waals surface area contributed by atoms with Crippen molar-refractivity contribution in [1.29, 1.82) is 0 Å². The maximum Gasteiger partial charge on any atom is 0.303 e. The van der Waals surface area contributed by atoms with Gasteiger partial charge in [0.1, 0.15) is 6.33 Å². The number of hydrogen-bond donors (Lipinski definition) is 2. The molecule has 0 bridgehead atoms. The summed E-state index contributed by atoms with van der Waals surface area (Å²) in [6.07, 6.45) is 2.85. The third-order valence-electron chi connectivity index (χ3n) is 2.29. The normalized spacial score (nSPS) is 11.9. The topological polar surface area (TPSA) is 92.2 Å². The van der Waals surface area contributed by atoms with Crippen LogP contribution in [-0.4, -0.2) is 33.5 Å². The largest absolute Gasteiger partial charge is 0.481 e. The minimum absolute atomic E-state index is 0.0323. The zero-order chi connectivity index (χ0) is 12.8. The summed E-state index contributed by atoms with van der Waals surface area (Å²) < 4.78 is 0. The van der Waals surface area contributed by atoms with Crippen LogP contribution in [0.5, 0.6) is 0 Å². The Kier molecular flexibility index (Phi) is 4.56. The molecule has 0 aliphatic rings. The molecule has 1 aromatic heterocycles. The average molecular weight is 237 g/mol. The Bertz CT molecular complexity index is 420. The van der Waals surface area contributed by atoms with Gasteiger partial charge in [0.15, 0.2) is 0 Å². The summed E-state index contributed by atoms with van der Waals surface area (Å²) in [5, 5.41) is 11.2. The molecule has 6 nitrogen and oxygen atoms in total. The van der Waals surface area contributed by atoms with Crippen LogP contribution < -0.4 is 5.32 Å².